The maximum atomic E-state index is 11.6. The third kappa shape index (κ3) is 1.75. The summed E-state index contributed by atoms with van der Waals surface area (Å²) in [6.45, 7) is 0. The van der Waals surface area contributed by atoms with E-state index >= 15 is 0 Å². The molecule has 84 valence electrons. The van der Waals surface area contributed by atoms with Gasteiger partial charge in [-0.1, -0.05) is 29.8 Å². The molecule has 0 saturated heterocycles. The summed E-state index contributed by atoms with van der Waals surface area (Å²) in [6.07, 6.45) is 0. The lowest BCUT2D eigenvalue weighted by atomic mass is 10.1. The average Bonchev–Trinajstić information content (AvgIpc) is 2.77. The third-order valence-corrected chi connectivity index (χ3v) is 3.74. The molecule has 0 spiro atoms. The number of aromatic amines is 1. The van der Waals surface area contributed by atoms with Gasteiger partial charge in [0.15, 0.2) is 0 Å². The van der Waals surface area contributed by atoms with E-state index in [-0.39, 0.29) is 5.56 Å². The molecule has 1 N–H and O–H groups in total. The molecule has 0 radical (unpaired) electrons. The summed E-state index contributed by atoms with van der Waals surface area (Å²) < 4.78 is 0.706. The van der Waals surface area contributed by atoms with Crippen LogP contribution in [0.25, 0.3) is 21.3 Å². The lowest BCUT2D eigenvalue weighted by Crippen LogP contribution is -2.08. The van der Waals surface area contributed by atoms with Gasteiger partial charge in [0, 0.05) is 5.39 Å². The van der Waals surface area contributed by atoms with Gasteiger partial charge < -0.3 is 0 Å². The minimum absolute atomic E-state index is 0.174. The Bertz CT molecular complexity index is 747. The third-order valence-electron chi connectivity index (χ3n) is 2.50. The van der Waals surface area contributed by atoms with E-state index in [1.807, 2.05) is 30.3 Å². The van der Waals surface area contributed by atoms with Crippen LogP contribution in [0.15, 0.2) is 41.2 Å². The van der Waals surface area contributed by atoms with Gasteiger partial charge in [-0.15, -0.1) is 11.3 Å². The van der Waals surface area contributed by atoms with E-state index in [9.17, 15) is 4.79 Å². The first-order valence-corrected chi connectivity index (χ1v) is 6.18. The summed E-state index contributed by atoms with van der Waals surface area (Å²) in [5.41, 5.74) is 0.587. The van der Waals surface area contributed by atoms with Crippen molar-refractivity contribution in [1.82, 2.24) is 10.2 Å². The van der Waals surface area contributed by atoms with Crippen LogP contribution in [0.3, 0.4) is 0 Å². The van der Waals surface area contributed by atoms with Gasteiger partial charge in [-0.3, -0.25) is 4.79 Å². The number of hydrogen-bond donors (Lipinski definition) is 1. The highest BCUT2D eigenvalue weighted by Gasteiger charge is 2.09. The molecule has 3 nitrogen and oxygen atoms in total. The van der Waals surface area contributed by atoms with Gasteiger partial charge in [-0.2, -0.15) is 5.10 Å². The minimum Gasteiger partial charge on any atom is -0.267 e. The van der Waals surface area contributed by atoms with Crippen molar-refractivity contribution in [2.75, 3.05) is 0 Å². The number of rotatable bonds is 1. The van der Waals surface area contributed by atoms with E-state index in [0.717, 1.165) is 16.0 Å². The van der Waals surface area contributed by atoms with Gasteiger partial charge in [0.25, 0.3) is 5.56 Å². The monoisotopic (exact) mass is 262 g/mol. The van der Waals surface area contributed by atoms with E-state index in [2.05, 4.69) is 10.2 Å². The fourth-order valence-electron chi connectivity index (χ4n) is 1.74. The van der Waals surface area contributed by atoms with Crippen LogP contribution >= 0.6 is 22.9 Å². The summed E-state index contributed by atoms with van der Waals surface area (Å²) in [4.78, 5) is 12.6. The van der Waals surface area contributed by atoms with Crippen LogP contribution in [0.4, 0.5) is 0 Å². The molecule has 2 aromatic heterocycles. The van der Waals surface area contributed by atoms with Gasteiger partial charge in [-0.05, 0) is 18.2 Å². The molecule has 0 bridgehead atoms. The number of nitrogens with zero attached hydrogens (tertiary/aromatic N) is 1. The molecule has 1 aromatic carbocycles. The zero-order valence-corrected chi connectivity index (χ0v) is 10.2. The number of fused-ring (bicyclic) bond motifs is 1. The van der Waals surface area contributed by atoms with Crippen LogP contribution in [0.1, 0.15) is 0 Å². The fraction of sp³-hybridized carbons (Fsp3) is 0. The number of aromatic nitrogens is 2. The molecule has 0 amide bonds. The highest BCUT2D eigenvalue weighted by atomic mass is 35.5. The maximum Gasteiger partial charge on any atom is 0.272 e. The number of thiophene rings is 1. The molecular formula is C12H7ClN2OS. The number of hydrogen-bond acceptors (Lipinski definition) is 3. The topological polar surface area (TPSA) is 45.8 Å². The molecule has 0 aliphatic heterocycles. The highest BCUT2D eigenvalue weighted by Crippen LogP contribution is 2.32. The van der Waals surface area contributed by atoms with Crippen LogP contribution in [0.2, 0.25) is 4.34 Å². The molecule has 5 heteroatoms. The summed E-state index contributed by atoms with van der Waals surface area (Å²) >= 11 is 7.35. The van der Waals surface area contributed by atoms with Gasteiger partial charge >= 0.3 is 0 Å². The summed E-state index contributed by atoms with van der Waals surface area (Å²) in [7, 11) is 0. The minimum atomic E-state index is -0.174. The molecule has 0 unspecified atom stereocenters. The lowest BCUT2D eigenvalue weighted by Gasteiger charge is -2.01. The van der Waals surface area contributed by atoms with Crippen molar-refractivity contribution in [1.29, 1.82) is 0 Å². The standard InChI is InChI=1S/C12H7ClN2OS/c13-10-6-5-9(17-10)11-7-3-1-2-4-8(7)12(16)15-14-11/h1-6H,(H,15,16). The van der Waals surface area contributed by atoms with Crippen LogP contribution in [-0.2, 0) is 0 Å². The molecule has 0 atom stereocenters. The predicted molar refractivity (Wildman–Crippen MR) is 70.7 cm³/mol. The van der Waals surface area contributed by atoms with E-state index < -0.39 is 0 Å². The fourth-order valence-corrected chi connectivity index (χ4v) is 2.79. The smallest absolute Gasteiger partial charge is 0.267 e. The van der Waals surface area contributed by atoms with Crippen LogP contribution < -0.4 is 5.56 Å². The number of nitrogens with one attached hydrogen (secondary N) is 1. The molecule has 17 heavy (non-hydrogen) atoms. The molecule has 0 aliphatic rings. The van der Waals surface area contributed by atoms with Crippen LogP contribution in [0, 0.1) is 0 Å². The largest absolute Gasteiger partial charge is 0.272 e. The number of halogens is 1. The predicted octanol–water partition coefficient (Wildman–Crippen LogP) is 3.31. The second kappa shape index (κ2) is 3.98. The van der Waals surface area contributed by atoms with Crippen LogP contribution in [-0.4, -0.2) is 10.2 Å². The Kier molecular flexibility index (Phi) is 2.46. The second-order valence-corrected chi connectivity index (χ2v) is 5.27. The first-order valence-electron chi connectivity index (χ1n) is 4.99. The first-order chi connectivity index (χ1) is 8.25. The van der Waals surface area contributed by atoms with E-state index in [0.29, 0.717) is 9.72 Å². The molecule has 0 fully saturated rings. The number of H-pyrrole nitrogens is 1. The van der Waals surface area contributed by atoms with Gasteiger partial charge in [-0.25, -0.2) is 5.10 Å². The Balaban J connectivity index is 2.38. The maximum absolute atomic E-state index is 11.6. The second-order valence-electron chi connectivity index (χ2n) is 3.55. The van der Waals surface area contributed by atoms with Crippen molar-refractivity contribution >= 4 is 33.7 Å². The van der Waals surface area contributed by atoms with E-state index in [1.165, 1.54) is 11.3 Å². The Morgan fingerprint density at radius 1 is 1.12 bits per heavy atom. The van der Waals surface area contributed by atoms with Gasteiger partial charge in [0.1, 0.15) is 5.69 Å². The molecule has 0 aliphatic carbocycles. The normalized spacial score (nSPS) is 10.9. The molecule has 2 heterocycles. The average molecular weight is 263 g/mol. The molecular weight excluding hydrogens is 256 g/mol. The van der Waals surface area contributed by atoms with Crippen molar-refractivity contribution in [3.63, 3.8) is 0 Å². The van der Waals surface area contributed by atoms with Crippen molar-refractivity contribution in [3.8, 4) is 10.6 Å². The van der Waals surface area contributed by atoms with E-state index in [1.54, 1.807) is 6.07 Å². The highest BCUT2D eigenvalue weighted by molar-refractivity contribution is 7.19. The summed E-state index contributed by atoms with van der Waals surface area (Å²) in [5, 5.41) is 8.10. The van der Waals surface area contributed by atoms with Crippen molar-refractivity contribution in [2.24, 2.45) is 0 Å². The number of benzene rings is 1. The molecule has 3 rings (SSSR count). The first kappa shape index (κ1) is 10.5. The Morgan fingerprint density at radius 3 is 2.59 bits per heavy atom. The Labute approximate surface area is 106 Å². The quantitative estimate of drug-likeness (QED) is 0.731. The summed E-state index contributed by atoms with van der Waals surface area (Å²) in [6, 6.07) is 11.1. The SMILES string of the molecule is O=c1[nH]nc(-c2ccc(Cl)s2)c2ccccc12. The Morgan fingerprint density at radius 2 is 1.88 bits per heavy atom. The zero-order valence-electron chi connectivity index (χ0n) is 8.61. The van der Waals surface area contributed by atoms with Crippen molar-refractivity contribution < 1.29 is 0 Å². The van der Waals surface area contributed by atoms with Crippen molar-refractivity contribution in [2.45, 2.75) is 0 Å². The summed E-state index contributed by atoms with van der Waals surface area (Å²) in [5.74, 6) is 0. The van der Waals surface area contributed by atoms with Crippen LogP contribution in [0.5, 0.6) is 0 Å². The van der Waals surface area contributed by atoms with Gasteiger partial charge in [0.05, 0.1) is 14.6 Å². The molecule has 3 aromatic rings. The Hall–Kier alpha value is -1.65. The lowest BCUT2D eigenvalue weighted by molar-refractivity contribution is 1.02. The zero-order chi connectivity index (χ0) is 11.8. The molecule has 0 saturated carbocycles. The van der Waals surface area contributed by atoms with E-state index in [4.69, 9.17) is 11.6 Å². The van der Waals surface area contributed by atoms with Gasteiger partial charge in [0.2, 0.25) is 0 Å². The van der Waals surface area contributed by atoms with Crippen molar-refractivity contribution in [3.05, 3.63) is 51.1 Å².